The Morgan fingerprint density at radius 3 is 2.57 bits per heavy atom. The second-order valence-electron chi connectivity index (χ2n) is 12.5. The number of amides is 1. The van der Waals surface area contributed by atoms with Gasteiger partial charge in [-0.05, 0) is 79.5 Å². The number of carbonyl (C=O) groups is 1. The molecular formula is C33H45N3O. The summed E-state index contributed by atoms with van der Waals surface area (Å²) in [6.45, 7) is 2.67. The van der Waals surface area contributed by atoms with Gasteiger partial charge in [-0.25, -0.2) is 0 Å². The van der Waals surface area contributed by atoms with Gasteiger partial charge in [0.1, 0.15) is 0 Å². The summed E-state index contributed by atoms with van der Waals surface area (Å²) in [5, 5.41) is 3.71. The Morgan fingerprint density at radius 2 is 1.78 bits per heavy atom. The highest BCUT2D eigenvalue weighted by Gasteiger charge is 2.52. The summed E-state index contributed by atoms with van der Waals surface area (Å²) < 4.78 is 0. The zero-order chi connectivity index (χ0) is 25.4. The summed E-state index contributed by atoms with van der Waals surface area (Å²) >= 11 is 0. The van der Waals surface area contributed by atoms with Crippen molar-refractivity contribution in [3.63, 3.8) is 0 Å². The van der Waals surface area contributed by atoms with Gasteiger partial charge in [0.15, 0.2) is 0 Å². The molecule has 2 aromatic carbocycles. The summed E-state index contributed by atoms with van der Waals surface area (Å²) in [5.74, 6) is 1.72. The standard InChI is InChI=1S/C33H45N3O/c1-35(2)30-17-9-16-28-27(30)15-10-19-33(28)23-34-22-29(33)32(37)36-20-18-26(24-11-5-3-6-12-24)21-31(36)25-13-7-4-8-14-25/h3,5-6,9,11-12,16-17,25-26,29,31,34H,4,7-8,10,13-15,18-23H2,1-2H3/t26-,29+,31+,33+/m1/s1. The van der Waals surface area contributed by atoms with Crippen LogP contribution >= 0.6 is 0 Å². The molecular weight excluding hydrogens is 454 g/mol. The lowest BCUT2D eigenvalue weighted by atomic mass is 9.63. The summed E-state index contributed by atoms with van der Waals surface area (Å²) in [6, 6.07) is 18.3. The fraction of sp³-hybridized carbons (Fsp3) is 0.606. The zero-order valence-electron chi connectivity index (χ0n) is 22.9. The first-order valence-electron chi connectivity index (χ1n) is 14.9. The van der Waals surface area contributed by atoms with E-state index >= 15 is 0 Å². The lowest BCUT2D eigenvalue weighted by Gasteiger charge is -2.48. The molecule has 6 rings (SSSR count). The number of carbonyl (C=O) groups excluding carboxylic acids is 1. The van der Waals surface area contributed by atoms with Crippen LogP contribution in [0.15, 0.2) is 48.5 Å². The highest BCUT2D eigenvalue weighted by atomic mass is 16.2. The van der Waals surface area contributed by atoms with Gasteiger partial charge in [-0.3, -0.25) is 4.79 Å². The molecule has 4 heteroatoms. The number of likely N-dealkylation sites (tertiary alicyclic amines) is 1. The molecule has 0 radical (unpaired) electrons. The quantitative estimate of drug-likeness (QED) is 0.569. The monoisotopic (exact) mass is 499 g/mol. The highest BCUT2D eigenvalue weighted by Crippen LogP contribution is 2.49. The van der Waals surface area contributed by atoms with Gasteiger partial charge in [-0.15, -0.1) is 0 Å². The van der Waals surface area contributed by atoms with Gasteiger partial charge in [-0.1, -0.05) is 61.7 Å². The first kappa shape index (κ1) is 25.0. The lowest BCUT2D eigenvalue weighted by molar-refractivity contribution is -0.143. The molecule has 2 saturated heterocycles. The normalized spacial score (nSPS) is 30.3. The molecule has 4 nitrogen and oxygen atoms in total. The van der Waals surface area contributed by atoms with Gasteiger partial charge in [0, 0.05) is 50.9 Å². The maximum atomic E-state index is 14.7. The van der Waals surface area contributed by atoms with Crippen LogP contribution in [-0.4, -0.2) is 50.6 Å². The average molecular weight is 500 g/mol. The largest absolute Gasteiger partial charge is 0.377 e. The van der Waals surface area contributed by atoms with Gasteiger partial charge < -0.3 is 15.1 Å². The van der Waals surface area contributed by atoms with Gasteiger partial charge in [0.05, 0.1) is 5.92 Å². The lowest BCUT2D eigenvalue weighted by Crippen LogP contribution is -2.55. The molecule has 3 fully saturated rings. The number of benzene rings is 2. The third-order valence-corrected chi connectivity index (χ3v) is 10.4. The molecule has 0 bridgehead atoms. The predicted octanol–water partition coefficient (Wildman–Crippen LogP) is 5.90. The van der Waals surface area contributed by atoms with Crippen LogP contribution in [0.5, 0.6) is 0 Å². The number of fused-ring (bicyclic) bond motifs is 2. The maximum Gasteiger partial charge on any atom is 0.228 e. The van der Waals surface area contributed by atoms with E-state index in [2.05, 4.69) is 77.7 Å². The fourth-order valence-electron chi connectivity index (χ4n) is 8.53. The van der Waals surface area contributed by atoms with Gasteiger partial charge in [0.25, 0.3) is 0 Å². The number of rotatable bonds is 4. The van der Waals surface area contributed by atoms with E-state index in [-0.39, 0.29) is 11.3 Å². The fourth-order valence-corrected chi connectivity index (χ4v) is 8.53. The Morgan fingerprint density at radius 1 is 0.973 bits per heavy atom. The molecule has 1 N–H and O–H groups in total. The van der Waals surface area contributed by atoms with E-state index in [9.17, 15) is 4.79 Å². The van der Waals surface area contributed by atoms with Crippen molar-refractivity contribution in [2.45, 2.75) is 81.6 Å². The minimum Gasteiger partial charge on any atom is -0.377 e. The molecule has 1 amide bonds. The topological polar surface area (TPSA) is 35.6 Å². The zero-order valence-corrected chi connectivity index (χ0v) is 22.9. The van der Waals surface area contributed by atoms with Crippen LogP contribution in [0.25, 0.3) is 0 Å². The number of nitrogens with one attached hydrogen (secondary N) is 1. The van der Waals surface area contributed by atoms with E-state index in [4.69, 9.17) is 0 Å². The Kier molecular flexibility index (Phi) is 7.05. The van der Waals surface area contributed by atoms with Crippen molar-refractivity contribution in [3.05, 3.63) is 65.2 Å². The summed E-state index contributed by atoms with van der Waals surface area (Å²) in [5.41, 5.74) is 5.66. The third-order valence-electron chi connectivity index (χ3n) is 10.4. The van der Waals surface area contributed by atoms with E-state index in [1.807, 2.05) is 0 Å². The van der Waals surface area contributed by atoms with Crippen molar-refractivity contribution in [1.82, 2.24) is 10.2 Å². The van der Waals surface area contributed by atoms with Crippen molar-refractivity contribution in [3.8, 4) is 0 Å². The van der Waals surface area contributed by atoms with Gasteiger partial charge in [0.2, 0.25) is 5.91 Å². The second-order valence-corrected chi connectivity index (χ2v) is 12.5. The maximum absolute atomic E-state index is 14.7. The number of hydrogen-bond donors (Lipinski definition) is 1. The van der Waals surface area contributed by atoms with Crippen LogP contribution in [0.3, 0.4) is 0 Å². The molecule has 2 aliphatic heterocycles. The highest BCUT2D eigenvalue weighted by molar-refractivity contribution is 5.83. The van der Waals surface area contributed by atoms with Crippen molar-refractivity contribution in [1.29, 1.82) is 0 Å². The van der Waals surface area contributed by atoms with Crippen molar-refractivity contribution in [2.75, 3.05) is 38.6 Å². The predicted molar refractivity (Wildman–Crippen MR) is 152 cm³/mol. The third kappa shape index (κ3) is 4.50. The van der Waals surface area contributed by atoms with Crippen LogP contribution in [0.4, 0.5) is 5.69 Å². The number of anilines is 1. The van der Waals surface area contributed by atoms with Crippen molar-refractivity contribution >= 4 is 11.6 Å². The van der Waals surface area contributed by atoms with E-state index in [0.29, 0.717) is 23.8 Å². The molecule has 2 aromatic rings. The number of piperidine rings is 1. The Bertz CT molecular complexity index is 1090. The second kappa shape index (κ2) is 10.4. The van der Waals surface area contributed by atoms with Crippen LogP contribution < -0.4 is 10.2 Å². The summed E-state index contributed by atoms with van der Waals surface area (Å²) in [4.78, 5) is 19.3. The molecule has 37 heavy (non-hydrogen) atoms. The smallest absolute Gasteiger partial charge is 0.228 e. The van der Waals surface area contributed by atoms with Crippen LogP contribution in [0, 0.1) is 11.8 Å². The van der Waals surface area contributed by atoms with Crippen molar-refractivity contribution < 1.29 is 4.79 Å². The molecule has 2 aliphatic carbocycles. The Labute approximate surface area is 223 Å². The minimum absolute atomic E-state index is 0.0447. The summed E-state index contributed by atoms with van der Waals surface area (Å²) in [6.07, 6.45) is 12.2. The molecule has 4 aliphatic rings. The Balaban J connectivity index is 1.32. The van der Waals surface area contributed by atoms with Crippen LogP contribution in [-0.2, 0) is 16.6 Å². The molecule has 0 aromatic heterocycles. The minimum atomic E-state index is -0.0654. The van der Waals surface area contributed by atoms with Crippen LogP contribution in [0.2, 0.25) is 0 Å². The molecule has 2 heterocycles. The summed E-state index contributed by atoms with van der Waals surface area (Å²) in [7, 11) is 4.30. The average Bonchev–Trinajstić information content (AvgIpc) is 3.37. The van der Waals surface area contributed by atoms with E-state index in [0.717, 1.165) is 45.3 Å². The van der Waals surface area contributed by atoms with E-state index < -0.39 is 0 Å². The molecule has 1 spiro atoms. The van der Waals surface area contributed by atoms with Crippen LogP contribution in [0.1, 0.15) is 80.4 Å². The van der Waals surface area contributed by atoms with Crippen molar-refractivity contribution in [2.24, 2.45) is 11.8 Å². The molecule has 1 saturated carbocycles. The SMILES string of the molecule is CN(C)c1cccc2c1CCC[C@]21CNC[C@H]1C(=O)N1CC[C@@H](c2ccccc2)C[C@H]1C1CCCCC1. The number of nitrogens with zero attached hydrogens (tertiary/aromatic N) is 2. The van der Waals surface area contributed by atoms with E-state index in [1.54, 1.807) is 0 Å². The Hall–Kier alpha value is -2.33. The van der Waals surface area contributed by atoms with Gasteiger partial charge >= 0.3 is 0 Å². The molecule has 4 atom stereocenters. The van der Waals surface area contributed by atoms with E-state index in [1.165, 1.54) is 60.9 Å². The van der Waals surface area contributed by atoms with Gasteiger partial charge in [-0.2, -0.15) is 0 Å². The number of hydrogen-bond acceptors (Lipinski definition) is 3. The molecule has 198 valence electrons. The first-order valence-corrected chi connectivity index (χ1v) is 14.9. The molecule has 0 unspecified atom stereocenters. The first-order chi connectivity index (χ1) is 18.1.